The fourth-order valence-corrected chi connectivity index (χ4v) is 3.65. The number of ether oxygens (including phenoxy) is 2. The molecule has 3 aromatic rings. The molecule has 30 heavy (non-hydrogen) atoms. The fourth-order valence-electron chi connectivity index (χ4n) is 3.18. The molecule has 0 aliphatic heterocycles. The van der Waals surface area contributed by atoms with Crippen molar-refractivity contribution in [3.63, 3.8) is 0 Å². The second-order valence-electron chi connectivity index (χ2n) is 7.01. The van der Waals surface area contributed by atoms with Gasteiger partial charge >= 0.3 is 0 Å². The predicted molar refractivity (Wildman–Crippen MR) is 121 cm³/mol. The quantitative estimate of drug-likeness (QED) is 0.259. The molecule has 0 aliphatic carbocycles. The average molecular weight is 449 g/mol. The number of ketones is 1. The third kappa shape index (κ3) is 6.05. The van der Waals surface area contributed by atoms with E-state index in [9.17, 15) is 4.79 Å². The molecule has 0 unspecified atom stereocenters. The van der Waals surface area contributed by atoms with Gasteiger partial charge in [0.15, 0.2) is 5.78 Å². The largest absolute Gasteiger partial charge is 0.379 e. The number of para-hydroxylation sites is 1. The maximum absolute atomic E-state index is 12.8. The van der Waals surface area contributed by atoms with Gasteiger partial charge in [0.05, 0.1) is 25.3 Å². The molecule has 3 rings (SSSR count). The van der Waals surface area contributed by atoms with E-state index in [0.29, 0.717) is 54.9 Å². The van der Waals surface area contributed by atoms with Gasteiger partial charge in [0.25, 0.3) is 0 Å². The summed E-state index contributed by atoms with van der Waals surface area (Å²) in [6.07, 6.45) is 2.04. The number of carbonyl (C=O) groups is 1. The normalized spacial score (nSPS) is 11.3. The number of fused-ring (bicyclic) bond motifs is 1. The second-order valence-corrected chi connectivity index (χ2v) is 7.85. The van der Waals surface area contributed by atoms with Crippen molar-refractivity contribution in [3.05, 3.63) is 63.8 Å². The number of hydrogen-bond acceptors (Lipinski definition) is 4. The van der Waals surface area contributed by atoms with Gasteiger partial charge in [-0.05, 0) is 36.6 Å². The third-order valence-corrected chi connectivity index (χ3v) is 5.26. The van der Waals surface area contributed by atoms with Crippen LogP contribution >= 0.6 is 23.2 Å². The standard InChI is InChI=1S/C23H26Cl2N2O3/c1-2-11-29-13-14-30-12-5-8-22(28)23-19-6-3-4-7-21(19)27(26-23)16-17-9-10-18(24)15-20(17)25/h3-4,6-7,9-10,15H,2,5,8,11-14,16H2,1H3. The van der Waals surface area contributed by atoms with Crippen molar-refractivity contribution < 1.29 is 14.3 Å². The zero-order chi connectivity index (χ0) is 21.3. The smallest absolute Gasteiger partial charge is 0.183 e. The lowest BCUT2D eigenvalue weighted by Crippen LogP contribution is -2.08. The topological polar surface area (TPSA) is 53.4 Å². The Morgan fingerprint density at radius 3 is 2.57 bits per heavy atom. The lowest BCUT2D eigenvalue weighted by Gasteiger charge is -2.06. The van der Waals surface area contributed by atoms with Crippen molar-refractivity contribution in [3.8, 4) is 0 Å². The maximum atomic E-state index is 12.8. The summed E-state index contributed by atoms with van der Waals surface area (Å²) in [4.78, 5) is 12.8. The number of hydrogen-bond donors (Lipinski definition) is 0. The lowest BCUT2D eigenvalue weighted by atomic mass is 10.1. The summed E-state index contributed by atoms with van der Waals surface area (Å²) in [5.74, 6) is 0.0120. The van der Waals surface area contributed by atoms with E-state index in [0.717, 1.165) is 29.5 Å². The summed E-state index contributed by atoms with van der Waals surface area (Å²) >= 11 is 12.3. The molecule has 0 spiro atoms. The van der Waals surface area contributed by atoms with Gasteiger partial charge in [0, 0.05) is 35.1 Å². The Bertz CT molecular complexity index is 988. The Labute approximate surface area is 186 Å². The Kier molecular flexibility index (Phi) is 8.70. The molecule has 0 saturated heterocycles. The van der Waals surface area contributed by atoms with Crippen LogP contribution in [0.25, 0.3) is 10.9 Å². The van der Waals surface area contributed by atoms with E-state index < -0.39 is 0 Å². The van der Waals surface area contributed by atoms with Gasteiger partial charge in [0.1, 0.15) is 5.69 Å². The molecule has 1 aromatic heterocycles. The highest BCUT2D eigenvalue weighted by atomic mass is 35.5. The Morgan fingerprint density at radius 2 is 1.80 bits per heavy atom. The molecule has 0 aliphatic rings. The molecule has 0 radical (unpaired) electrons. The molecule has 0 amide bonds. The van der Waals surface area contributed by atoms with E-state index in [4.69, 9.17) is 32.7 Å². The van der Waals surface area contributed by atoms with E-state index in [1.54, 1.807) is 12.1 Å². The van der Waals surface area contributed by atoms with Crippen molar-refractivity contribution in [2.45, 2.75) is 32.7 Å². The van der Waals surface area contributed by atoms with E-state index in [2.05, 4.69) is 12.0 Å². The Morgan fingerprint density at radius 1 is 1.03 bits per heavy atom. The molecule has 0 atom stereocenters. The second kappa shape index (κ2) is 11.5. The molecular weight excluding hydrogens is 423 g/mol. The van der Waals surface area contributed by atoms with Crippen LogP contribution in [0.3, 0.4) is 0 Å². The number of halogens is 2. The van der Waals surface area contributed by atoms with Crippen LogP contribution in [0.1, 0.15) is 42.2 Å². The van der Waals surface area contributed by atoms with Crippen molar-refractivity contribution in [1.29, 1.82) is 0 Å². The van der Waals surface area contributed by atoms with Crippen LogP contribution in [0.2, 0.25) is 10.0 Å². The van der Waals surface area contributed by atoms with Crippen molar-refractivity contribution >= 4 is 39.9 Å². The van der Waals surface area contributed by atoms with Crippen LogP contribution in [0.5, 0.6) is 0 Å². The van der Waals surface area contributed by atoms with E-state index in [1.807, 2.05) is 35.0 Å². The summed E-state index contributed by atoms with van der Waals surface area (Å²) < 4.78 is 12.7. The third-order valence-electron chi connectivity index (χ3n) is 4.67. The van der Waals surface area contributed by atoms with Gasteiger partial charge in [-0.15, -0.1) is 0 Å². The highest BCUT2D eigenvalue weighted by Gasteiger charge is 2.17. The van der Waals surface area contributed by atoms with Crippen molar-refractivity contribution in [2.75, 3.05) is 26.4 Å². The zero-order valence-electron chi connectivity index (χ0n) is 17.1. The first-order chi connectivity index (χ1) is 14.6. The van der Waals surface area contributed by atoms with Crippen LogP contribution in [-0.4, -0.2) is 42.0 Å². The van der Waals surface area contributed by atoms with Crippen LogP contribution < -0.4 is 0 Å². The average Bonchev–Trinajstić information content (AvgIpc) is 3.10. The van der Waals surface area contributed by atoms with Gasteiger partial charge in [-0.25, -0.2) is 0 Å². The first kappa shape index (κ1) is 22.8. The Balaban J connectivity index is 1.64. The minimum Gasteiger partial charge on any atom is -0.379 e. The van der Waals surface area contributed by atoms with Gasteiger partial charge in [-0.1, -0.05) is 54.4 Å². The number of carbonyl (C=O) groups excluding carboxylic acids is 1. The number of benzene rings is 2. The molecule has 1 heterocycles. The first-order valence-electron chi connectivity index (χ1n) is 10.2. The molecule has 2 aromatic carbocycles. The van der Waals surface area contributed by atoms with Gasteiger partial charge in [-0.3, -0.25) is 9.48 Å². The molecule has 0 bridgehead atoms. The number of rotatable bonds is 12. The molecule has 160 valence electrons. The van der Waals surface area contributed by atoms with Crippen LogP contribution in [-0.2, 0) is 16.0 Å². The summed E-state index contributed by atoms with van der Waals surface area (Å²) in [5.41, 5.74) is 2.28. The molecular formula is C23H26Cl2N2O3. The maximum Gasteiger partial charge on any atom is 0.183 e. The predicted octanol–water partition coefficient (Wildman–Crippen LogP) is 5.80. The van der Waals surface area contributed by atoms with Crippen LogP contribution in [0, 0.1) is 0 Å². The highest BCUT2D eigenvalue weighted by molar-refractivity contribution is 6.35. The molecule has 5 nitrogen and oxygen atoms in total. The summed E-state index contributed by atoms with van der Waals surface area (Å²) in [7, 11) is 0. The van der Waals surface area contributed by atoms with Gasteiger partial charge in [0.2, 0.25) is 0 Å². The number of nitrogens with zero attached hydrogens (tertiary/aromatic N) is 2. The van der Waals surface area contributed by atoms with Gasteiger partial charge < -0.3 is 9.47 Å². The van der Waals surface area contributed by atoms with Crippen LogP contribution in [0.4, 0.5) is 0 Å². The van der Waals surface area contributed by atoms with Crippen molar-refractivity contribution in [1.82, 2.24) is 9.78 Å². The number of Topliss-reactive ketones (excluding diaryl/α,β-unsaturated/α-hetero) is 1. The summed E-state index contributed by atoms with van der Waals surface area (Å²) in [6.45, 7) is 4.95. The van der Waals surface area contributed by atoms with E-state index >= 15 is 0 Å². The minimum absolute atomic E-state index is 0.0120. The monoisotopic (exact) mass is 448 g/mol. The molecule has 7 heteroatoms. The fraction of sp³-hybridized carbons (Fsp3) is 0.391. The molecule has 0 N–H and O–H groups in total. The number of aromatic nitrogens is 2. The van der Waals surface area contributed by atoms with E-state index in [-0.39, 0.29) is 5.78 Å². The first-order valence-corrected chi connectivity index (χ1v) is 10.9. The van der Waals surface area contributed by atoms with Gasteiger partial charge in [-0.2, -0.15) is 5.10 Å². The minimum atomic E-state index is 0.0120. The zero-order valence-corrected chi connectivity index (χ0v) is 18.6. The van der Waals surface area contributed by atoms with Crippen molar-refractivity contribution in [2.24, 2.45) is 0 Å². The van der Waals surface area contributed by atoms with E-state index in [1.165, 1.54) is 0 Å². The lowest BCUT2D eigenvalue weighted by molar-refractivity contribution is 0.0463. The molecule has 0 saturated carbocycles. The SMILES string of the molecule is CCCOCCOCCCC(=O)c1nn(Cc2ccc(Cl)cc2Cl)c2ccccc12. The summed E-state index contributed by atoms with van der Waals surface area (Å²) in [5, 5.41) is 6.63. The highest BCUT2D eigenvalue weighted by Crippen LogP contribution is 2.25. The van der Waals surface area contributed by atoms with Crippen LogP contribution in [0.15, 0.2) is 42.5 Å². The Hall–Kier alpha value is -1.92. The summed E-state index contributed by atoms with van der Waals surface area (Å²) in [6, 6.07) is 13.1. The molecule has 0 fully saturated rings.